The lowest BCUT2D eigenvalue weighted by molar-refractivity contribution is 0.600. The van der Waals surface area contributed by atoms with E-state index in [0.717, 1.165) is 11.9 Å². The number of hydrazine groups is 1. The van der Waals surface area contributed by atoms with Crippen LogP contribution < -0.4 is 31.9 Å². The largest absolute Gasteiger partial charge is 0.412 e. The van der Waals surface area contributed by atoms with Crippen LogP contribution in [0.3, 0.4) is 0 Å². The molecule has 0 aliphatic rings. The summed E-state index contributed by atoms with van der Waals surface area (Å²) in [6, 6.07) is 13.0. The molecule has 28 heavy (non-hydrogen) atoms. The highest BCUT2D eigenvalue weighted by Crippen LogP contribution is 2.17. The fraction of sp³-hybridized carbons (Fsp3) is 0.118. The summed E-state index contributed by atoms with van der Waals surface area (Å²) in [5, 5.41) is 0.458. The standard InChI is InChI=1S/C9H4O3.C8H13N3O2S.ClH.H2O/c10-7-5-3-1-2-4-6(5)8(11)9(7)12;1-11(14(2,12)13)8-5-3-7(10-9)4-6-8;;/h1-4H;3-6,10H,9H2,1-2H3;1H;1H2. The number of halogens is 1. The Morgan fingerprint density at radius 3 is 1.64 bits per heavy atom. The minimum Gasteiger partial charge on any atom is -0.412 e. The third-order valence-corrected chi connectivity index (χ3v) is 4.93. The number of nitrogens with one attached hydrogen (secondary N) is 1. The predicted octanol–water partition coefficient (Wildman–Crippen LogP) is -0.239. The molecule has 0 spiro atoms. The quantitative estimate of drug-likeness (QED) is 0.330. The summed E-state index contributed by atoms with van der Waals surface area (Å²) in [5.41, 5.74) is 1.51. The van der Waals surface area contributed by atoms with Gasteiger partial charge in [0.05, 0.1) is 11.9 Å². The highest BCUT2D eigenvalue weighted by molar-refractivity contribution is 7.92. The molecule has 0 saturated carbocycles. The van der Waals surface area contributed by atoms with Gasteiger partial charge in [0.25, 0.3) is 5.43 Å². The van der Waals surface area contributed by atoms with E-state index in [2.05, 4.69) is 5.43 Å². The van der Waals surface area contributed by atoms with Crippen molar-refractivity contribution < 1.29 is 13.9 Å². The molecule has 3 rings (SSSR count). The smallest absolute Gasteiger partial charge is 0.273 e. The molecule has 0 radical (unpaired) electrons. The fourth-order valence-corrected chi connectivity index (χ4v) is 2.69. The van der Waals surface area contributed by atoms with E-state index >= 15 is 0 Å². The van der Waals surface area contributed by atoms with Crippen LogP contribution in [0.25, 0.3) is 10.8 Å². The van der Waals surface area contributed by atoms with E-state index in [9.17, 15) is 22.8 Å². The zero-order valence-corrected chi connectivity index (χ0v) is 16.6. The van der Waals surface area contributed by atoms with Crippen LogP contribution in [0, 0.1) is 0 Å². The molecule has 0 unspecified atom stereocenters. The van der Waals surface area contributed by atoms with E-state index in [0.29, 0.717) is 5.69 Å². The number of anilines is 2. The van der Waals surface area contributed by atoms with Crippen molar-refractivity contribution in [3.8, 4) is 0 Å². The van der Waals surface area contributed by atoms with E-state index in [-0.39, 0.29) is 28.7 Å². The average molecular weight is 430 g/mol. The summed E-state index contributed by atoms with van der Waals surface area (Å²) >= 11 is 0. The van der Waals surface area contributed by atoms with Gasteiger partial charge in [-0.1, -0.05) is 24.3 Å². The first-order valence-corrected chi connectivity index (χ1v) is 9.24. The first kappa shape index (κ1) is 25.2. The Bertz CT molecular complexity index is 1120. The van der Waals surface area contributed by atoms with Gasteiger partial charge in [0.15, 0.2) is 0 Å². The van der Waals surface area contributed by atoms with Crippen LogP contribution in [-0.2, 0) is 10.0 Å². The van der Waals surface area contributed by atoms with Gasteiger partial charge in [-0.05, 0) is 24.3 Å². The van der Waals surface area contributed by atoms with Crippen LogP contribution >= 0.6 is 12.4 Å². The number of hydrogen-bond acceptors (Lipinski definition) is 7. The Hall–Kier alpha value is -2.79. The van der Waals surface area contributed by atoms with Gasteiger partial charge in [0.1, 0.15) is 0 Å². The lowest BCUT2D eigenvalue weighted by Gasteiger charge is -2.16. The summed E-state index contributed by atoms with van der Waals surface area (Å²) in [6.45, 7) is 0. The normalized spacial score (nSPS) is 10.1. The zero-order chi connectivity index (χ0) is 19.5. The number of benzene rings is 2. The molecule has 0 aliphatic carbocycles. The predicted molar refractivity (Wildman–Crippen MR) is 113 cm³/mol. The first-order chi connectivity index (χ1) is 12.2. The molecular weight excluding hydrogens is 410 g/mol. The minimum absolute atomic E-state index is 0. The number of nitrogens with zero attached hydrogens (tertiary/aromatic N) is 1. The van der Waals surface area contributed by atoms with E-state index in [1.54, 1.807) is 36.4 Å². The number of fused-ring (bicyclic) bond motifs is 1. The highest BCUT2D eigenvalue weighted by Gasteiger charge is 2.11. The minimum atomic E-state index is -3.19. The Balaban J connectivity index is 0.000000489. The highest BCUT2D eigenvalue weighted by atomic mass is 35.5. The molecule has 0 heterocycles. The third kappa shape index (κ3) is 5.36. The Kier molecular flexibility index (Phi) is 8.96. The summed E-state index contributed by atoms with van der Waals surface area (Å²) in [6.07, 6.45) is 1.15. The van der Waals surface area contributed by atoms with Crippen molar-refractivity contribution in [1.82, 2.24) is 0 Å². The van der Waals surface area contributed by atoms with Gasteiger partial charge in [0, 0.05) is 23.5 Å². The summed E-state index contributed by atoms with van der Waals surface area (Å²) in [7, 11) is -1.69. The van der Waals surface area contributed by atoms with Crippen LogP contribution in [0.1, 0.15) is 0 Å². The van der Waals surface area contributed by atoms with E-state index in [1.165, 1.54) is 23.5 Å². The second kappa shape index (κ2) is 9.95. The second-order valence-electron chi connectivity index (χ2n) is 5.45. The van der Waals surface area contributed by atoms with Crippen LogP contribution in [0.5, 0.6) is 0 Å². The van der Waals surface area contributed by atoms with Crippen LogP contribution in [0.2, 0.25) is 0 Å². The van der Waals surface area contributed by atoms with Crippen molar-refractivity contribution in [3.63, 3.8) is 0 Å². The lowest BCUT2D eigenvalue weighted by atomic mass is 10.2. The van der Waals surface area contributed by atoms with Crippen molar-refractivity contribution in [2.45, 2.75) is 0 Å². The maximum Gasteiger partial charge on any atom is 0.273 e. The number of nitrogen functional groups attached to an aromatic ring is 1. The van der Waals surface area contributed by atoms with Crippen molar-refractivity contribution in [2.75, 3.05) is 23.0 Å². The SMILES string of the molecule is CN(c1ccc(NN)cc1)S(C)(=O)=O.Cl.O.O=c1c(=O)c2ccccc2c1=O. The van der Waals surface area contributed by atoms with Crippen molar-refractivity contribution in [3.05, 3.63) is 79.2 Å². The van der Waals surface area contributed by atoms with Gasteiger partial charge < -0.3 is 10.9 Å². The molecule has 0 fully saturated rings. The average Bonchev–Trinajstić information content (AvgIpc) is 2.86. The first-order valence-electron chi connectivity index (χ1n) is 7.39. The molecule has 152 valence electrons. The molecule has 9 nitrogen and oxygen atoms in total. The number of hydrogen-bond donors (Lipinski definition) is 2. The monoisotopic (exact) mass is 429 g/mol. The summed E-state index contributed by atoms with van der Waals surface area (Å²) in [4.78, 5) is 32.9. The molecule has 11 heteroatoms. The van der Waals surface area contributed by atoms with Gasteiger partial charge >= 0.3 is 0 Å². The van der Waals surface area contributed by atoms with Gasteiger partial charge in [0.2, 0.25) is 20.9 Å². The molecule has 0 amide bonds. The molecule has 5 N–H and O–H groups in total. The Morgan fingerprint density at radius 1 is 0.857 bits per heavy atom. The number of rotatable bonds is 3. The van der Waals surface area contributed by atoms with Crippen molar-refractivity contribution in [1.29, 1.82) is 0 Å². The summed E-state index contributed by atoms with van der Waals surface area (Å²) in [5.74, 6) is 5.18. The van der Waals surface area contributed by atoms with Gasteiger partial charge in [-0.3, -0.25) is 24.5 Å². The number of nitrogens with two attached hydrogens (primary N) is 1. The molecule has 0 aliphatic heterocycles. The third-order valence-electron chi connectivity index (χ3n) is 3.72. The molecule has 3 aromatic carbocycles. The van der Waals surface area contributed by atoms with Crippen LogP contribution in [0.4, 0.5) is 11.4 Å². The maximum absolute atomic E-state index is 11.2. The maximum atomic E-state index is 11.2. The van der Waals surface area contributed by atoms with Gasteiger partial charge in [-0.15, -0.1) is 12.4 Å². The van der Waals surface area contributed by atoms with E-state index in [1.807, 2.05) is 0 Å². The van der Waals surface area contributed by atoms with E-state index < -0.39 is 26.3 Å². The second-order valence-corrected chi connectivity index (χ2v) is 7.47. The van der Waals surface area contributed by atoms with Crippen molar-refractivity contribution >= 4 is 44.6 Å². The van der Waals surface area contributed by atoms with E-state index in [4.69, 9.17) is 5.84 Å². The van der Waals surface area contributed by atoms with Crippen molar-refractivity contribution in [2.24, 2.45) is 5.84 Å². The van der Waals surface area contributed by atoms with Gasteiger partial charge in [-0.2, -0.15) is 0 Å². The van der Waals surface area contributed by atoms with Crippen LogP contribution in [0.15, 0.2) is 62.9 Å². The molecule has 3 aromatic rings. The Morgan fingerprint density at radius 2 is 1.29 bits per heavy atom. The molecular formula is C17H20ClN3O6S. The van der Waals surface area contributed by atoms with Crippen LogP contribution in [-0.4, -0.2) is 27.2 Å². The lowest BCUT2D eigenvalue weighted by Crippen LogP contribution is -2.29. The topological polar surface area (TPSA) is 158 Å². The molecule has 0 bridgehead atoms. The molecule has 0 aromatic heterocycles. The Labute approximate surface area is 166 Å². The van der Waals surface area contributed by atoms with Gasteiger partial charge in [-0.25, -0.2) is 8.42 Å². The zero-order valence-electron chi connectivity index (χ0n) is 15.0. The molecule has 0 saturated heterocycles. The fourth-order valence-electron chi connectivity index (χ4n) is 2.19. The molecule has 0 atom stereocenters. The number of sulfonamides is 1. The summed E-state index contributed by atoms with van der Waals surface area (Å²) < 4.78 is 23.5.